The molecule has 0 bridgehead atoms. The molecule has 36 heavy (non-hydrogen) atoms. The third-order valence-corrected chi connectivity index (χ3v) is 4.98. The van der Waals surface area contributed by atoms with E-state index in [1.165, 1.54) is 0 Å². The molecule has 0 atom stereocenters. The van der Waals surface area contributed by atoms with E-state index in [9.17, 15) is 14.4 Å². The van der Waals surface area contributed by atoms with Crippen molar-refractivity contribution in [2.75, 3.05) is 19.8 Å². The molecule has 1 aliphatic carbocycles. The predicted molar refractivity (Wildman–Crippen MR) is 132 cm³/mol. The molecule has 3 rings (SSSR count). The fourth-order valence-corrected chi connectivity index (χ4v) is 3.15. The lowest BCUT2D eigenvalue weighted by Gasteiger charge is -2.15. The van der Waals surface area contributed by atoms with Gasteiger partial charge in [-0.05, 0) is 67.6 Å². The number of hydrogen-bond donors (Lipinski definition) is 0. The number of carbonyl (C=O) groups is 3. The molecule has 188 valence electrons. The Bertz CT molecular complexity index is 1130. The quantitative estimate of drug-likeness (QED) is 0.173. The molecule has 0 saturated carbocycles. The van der Waals surface area contributed by atoms with Crippen LogP contribution in [0.1, 0.15) is 46.9 Å². The van der Waals surface area contributed by atoms with Crippen molar-refractivity contribution in [1.82, 2.24) is 0 Å². The summed E-state index contributed by atoms with van der Waals surface area (Å²) in [5.41, 5.74) is 0.795. The number of rotatable bonds is 12. The highest BCUT2D eigenvalue weighted by Gasteiger charge is 2.17. The van der Waals surface area contributed by atoms with Gasteiger partial charge in [0, 0.05) is 25.3 Å². The first-order valence-corrected chi connectivity index (χ1v) is 11.6. The Kier molecular flexibility index (Phi) is 9.88. The maximum atomic E-state index is 12.5. The summed E-state index contributed by atoms with van der Waals surface area (Å²) in [6.45, 7) is 6.36. The predicted octanol–water partition coefficient (Wildman–Crippen LogP) is 5.16. The van der Waals surface area contributed by atoms with Crippen LogP contribution in [-0.2, 0) is 19.0 Å². The molecule has 0 N–H and O–H groups in total. The van der Waals surface area contributed by atoms with Gasteiger partial charge < -0.3 is 23.7 Å². The van der Waals surface area contributed by atoms with E-state index >= 15 is 0 Å². The van der Waals surface area contributed by atoms with E-state index in [1.54, 1.807) is 60.7 Å². The molecule has 0 aromatic heterocycles. The van der Waals surface area contributed by atoms with Crippen LogP contribution >= 0.6 is 0 Å². The Morgan fingerprint density at radius 1 is 0.778 bits per heavy atom. The molecule has 0 aliphatic heterocycles. The van der Waals surface area contributed by atoms with Gasteiger partial charge in [-0.1, -0.05) is 6.58 Å². The lowest BCUT2D eigenvalue weighted by atomic mass is 10.1. The first-order chi connectivity index (χ1) is 17.5. The van der Waals surface area contributed by atoms with Crippen molar-refractivity contribution in [1.29, 1.82) is 0 Å². The maximum Gasteiger partial charge on any atom is 0.343 e. The SMILES string of the molecule is C=CC(=O)OCCCOc1ccc(C(=O)OC2=CC=C(OC(=O)c3ccc(OCC)cc3)CC2)cc1. The van der Waals surface area contributed by atoms with Crippen LogP contribution in [0.25, 0.3) is 0 Å². The minimum Gasteiger partial charge on any atom is -0.494 e. The van der Waals surface area contributed by atoms with Crippen molar-refractivity contribution in [2.24, 2.45) is 0 Å². The number of benzene rings is 2. The Morgan fingerprint density at radius 3 is 1.72 bits per heavy atom. The van der Waals surface area contributed by atoms with E-state index in [2.05, 4.69) is 6.58 Å². The molecule has 2 aromatic rings. The van der Waals surface area contributed by atoms with Crippen molar-refractivity contribution in [2.45, 2.75) is 26.2 Å². The number of allylic oxidation sites excluding steroid dienone is 4. The first-order valence-electron chi connectivity index (χ1n) is 11.6. The molecule has 0 saturated heterocycles. The second-order valence-electron chi connectivity index (χ2n) is 7.60. The Balaban J connectivity index is 1.44. The van der Waals surface area contributed by atoms with Gasteiger partial charge in [0.25, 0.3) is 0 Å². The van der Waals surface area contributed by atoms with Crippen LogP contribution in [0.5, 0.6) is 11.5 Å². The summed E-state index contributed by atoms with van der Waals surface area (Å²) in [5.74, 6) is 0.824. The van der Waals surface area contributed by atoms with Crippen molar-refractivity contribution in [3.05, 3.63) is 96.0 Å². The monoisotopic (exact) mass is 492 g/mol. The molecule has 1 aliphatic rings. The summed E-state index contributed by atoms with van der Waals surface area (Å²) in [6, 6.07) is 13.3. The fraction of sp³-hybridized carbons (Fsp3) is 0.250. The molecule has 8 nitrogen and oxygen atoms in total. The van der Waals surface area contributed by atoms with Gasteiger partial charge in [0.15, 0.2) is 0 Å². The average molecular weight is 493 g/mol. The van der Waals surface area contributed by atoms with E-state index in [4.69, 9.17) is 23.7 Å². The minimum absolute atomic E-state index is 0.237. The molecule has 2 aromatic carbocycles. The second-order valence-corrected chi connectivity index (χ2v) is 7.60. The largest absolute Gasteiger partial charge is 0.494 e. The van der Waals surface area contributed by atoms with Crippen LogP contribution < -0.4 is 9.47 Å². The zero-order chi connectivity index (χ0) is 25.8. The summed E-state index contributed by atoms with van der Waals surface area (Å²) in [6.07, 6.45) is 5.74. The number of hydrogen-bond acceptors (Lipinski definition) is 8. The molecule has 0 heterocycles. The van der Waals surface area contributed by atoms with Gasteiger partial charge in [-0.2, -0.15) is 0 Å². The molecule has 0 unspecified atom stereocenters. The summed E-state index contributed by atoms with van der Waals surface area (Å²) < 4.78 is 26.7. The lowest BCUT2D eigenvalue weighted by molar-refractivity contribution is -0.137. The third-order valence-electron chi connectivity index (χ3n) is 4.98. The van der Waals surface area contributed by atoms with Crippen LogP contribution in [0.15, 0.2) is 84.9 Å². The van der Waals surface area contributed by atoms with Crippen LogP contribution in [0.3, 0.4) is 0 Å². The van der Waals surface area contributed by atoms with Crippen LogP contribution in [0.4, 0.5) is 0 Å². The van der Waals surface area contributed by atoms with Crippen LogP contribution in [-0.4, -0.2) is 37.7 Å². The van der Waals surface area contributed by atoms with Crippen LogP contribution in [0.2, 0.25) is 0 Å². The Labute approximate surface area is 209 Å². The summed E-state index contributed by atoms with van der Waals surface area (Å²) in [4.78, 5) is 35.8. The highest BCUT2D eigenvalue weighted by atomic mass is 16.5. The van der Waals surface area contributed by atoms with Crippen molar-refractivity contribution < 1.29 is 38.1 Å². The van der Waals surface area contributed by atoms with E-state index in [0.29, 0.717) is 66.6 Å². The number of esters is 3. The highest BCUT2D eigenvalue weighted by Crippen LogP contribution is 2.23. The zero-order valence-electron chi connectivity index (χ0n) is 20.1. The van der Waals surface area contributed by atoms with E-state index in [0.717, 1.165) is 6.08 Å². The van der Waals surface area contributed by atoms with Gasteiger partial charge in [0.05, 0.1) is 30.9 Å². The van der Waals surface area contributed by atoms with Gasteiger partial charge >= 0.3 is 17.9 Å². The normalized spacial score (nSPS) is 12.5. The minimum atomic E-state index is -0.493. The summed E-state index contributed by atoms with van der Waals surface area (Å²) >= 11 is 0. The molecular formula is C28H28O8. The zero-order valence-corrected chi connectivity index (χ0v) is 20.1. The van der Waals surface area contributed by atoms with Gasteiger partial charge in [0.1, 0.15) is 23.0 Å². The third kappa shape index (κ3) is 8.16. The standard InChI is InChI=1S/C28H28O8/c1-3-26(29)34-19-5-18-33-23-12-8-21(9-13-23)28(31)36-25-16-14-24(15-17-25)35-27(30)20-6-10-22(11-7-20)32-4-2/h3,6-14,16H,1,4-5,15,17-19H2,2H3. The van der Waals surface area contributed by atoms with Crippen LogP contribution in [0, 0.1) is 0 Å². The van der Waals surface area contributed by atoms with E-state index in [1.807, 2.05) is 6.92 Å². The maximum absolute atomic E-state index is 12.5. The number of carbonyl (C=O) groups excluding carboxylic acids is 3. The molecule has 8 heteroatoms. The van der Waals surface area contributed by atoms with E-state index < -0.39 is 17.9 Å². The Hall–Kier alpha value is -4.33. The van der Waals surface area contributed by atoms with Gasteiger partial charge in [-0.15, -0.1) is 0 Å². The Morgan fingerprint density at radius 2 is 1.28 bits per heavy atom. The summed E-state index contributed by atoms with van der Waals surface area (Å²) in [7, 11) is 0. The summed E-state index contributed by atoms with van der Waals surface area (Å²) in [5, 5.41) is 0. The average Bonchev–Trinajstić information content (AvgIpc) is 2.90. The topological polar surface area (TPSA) is 97.4 Å². The highest BCUT2D eigenvalue weighted by molar-refractivity contribution is 5.91. The first kappa shape index (κ1) is 26.3. The number of ether oxygens (including phenoxy) is 5. The van der Waals surface area contributed by atoms with Gasteiger partial charge in [-0.3, -0.25) is 0 Å². The molecule has 0 spiro atoms. The fourth-order valence-electron chi connectivity index (χ4n) is 3.15. The second kappa shape index (κ2) is 13.5. The van der Waals surface area contributed by atoms with Gasteiger partial charge in [-0.25, -0.2) is 14.4 Å². The van der Waals surface area contributed by atoms with Crippen molar-refractivity contribution in [3.8, 4) is 11.5 Å². The molecule has 0 amide bonds. The molecular weight excluding hydrogens is 464 g/mol. The van der Waals surface area contributed by atoms with E-state index in [-0.39, 0.29) is 6.61 Å². The van der Waals surface area contributed by atoms with Crippen molar-refractivity contribution >= 4 is 17.9 Å². The van der Waals surface area contributed by atoms with Crippen molar-refractivity contribution in [3.63, 3.8) is 0 Å². The lowest BCUT2D eigenvalue weighted by Crippen LogP contribution is -2.10. The smallest absolute Gasteiger partial charge is 0.343 e. The molecule has 0 radical (unpaired) electrons. The van der Waals surface area contributed by atoms with Gasteiger partial charge in [0.2, 0.25) is 0 Å². The molecule has 0 fully saturated rings.